The van der Waals surface area contributed by atoms with Crippen molar-refractivity contribution in [2.45, 2.75) is 30.2 Å². The van der Waals surface area contributed by atoms with E-state index >= 15 is 0 Å². The predicted molar refractivity (Wildman–Crippen MR) is 116 cm³/mol. The molecule has 1 aliphatic carbocycles. The second-order valence-electron chi connectivity index (χ2n) is 7.06. The van der Waals surface area contributed by atoms with Crippen molar-refractivity contribution in [1.82, 2.24) is 5.43 Å². The molecule has 1 aliphatic rings. The van der Waals surface area contributed by atoms with Crippen LogP contribution in [0.1, 0.15) is 19.3 Å². The van der Waals surface area contributed by atoms with Crippen LogP contribution in [0, 0.1) is 5.92 Å². The van der Waals surface area contributed by atoms with E-state index < -0.39 is 0 Å². The normalized spacial score (nSPS) is 19.1. The highest BCUT2D eigenvalue weighted by atomic mass is 32.2. The van der Waals surface area contributed by atoms with E-state index in [-0.39, 0.29) is 0 Å². The molecule has 1 fully saturated rings. The summed E-state index contributed by atoms with van der Waals surface area (Å²) in [5.74, 6) is 1.85. The minimum absolute atomic E-state index is 0.502. The summed E-state index contributed by atoms with van der Waals surface area (Å²) >= 11 is 1.98. The van der Waals surface area contributed by atoms with Gasteiger partial charge in [-0.3, -0.25) is 5.01 Å². The number of hydrogen-bond acceptors (Lipinski definition) is 3. The fourth-order valence-corrected chi connectivity index (χ4v) is 4.90. The quantitative estimate of drug-likeness (QED) is 0.386. The van der Waals surface area contributed by atoms with Crippen molar-refractivity contribution in [2.24, 2.45) is 5.92 Å². The second-order valence-corrected chi connectivity index (χ2v) is 8.15. The lowest BCUT2D eigenvalue weighted by Crippen LogP contribution is -2.44. The molecule has 0 radical (unpaired) electrons. The van der Waals surface area contributed by atoms with Crippen LogP contribution in [-0.2, 0) is 0 Å². The topological polar surface area (TPSA) is 15.3 Å². The number of para-hydroxylation sites is 2. The summed E-state index contributed by atoms with van der Waals surface area (Å²) < 4.78 is 0. The van der Waals surface area contributed by atoms with Gasteiger partial charge in [0.15, 0.2) is 0 Å². The number of hydrazine groups is 1. The van der Waals surface area contributed by atoms with E-state index in [4.69, 9.17) is 0 Å². The zero-order valence-corrected chi connectivity index (χ0v) is 16.3. The van der Waals surface area contributed by atoms with Crippen LogP contribution >= 0.6 is 11.8 Å². The first-order chi connectivity index (χ1) is 13.4. The summed E-state index contributed by atoms with van der Waals surface area (Å²) in [6.45, 7) is 0. The Bertz CT molecular complexity index is 768. The minimum Gasteiger partial charge on any atom is -0.277 e. The molecule has 0 heterocycles. The van der Waals surface area contributed by atoms with Crippen LogP contribution in [0.4, 0.5) is 11.4 Å². The average Bonchev–Trinajstić information content (AvgIpc) is 3.19. The Hall–Kier alpha value is -2.23. The molecule has 4 rings (SSSR count). The highest BCUT2D eigenvalue weighted by molar-refractivity contribution is 7.99. The molecule has 0 saturated heterocycles. The van der Waals surface area contributed by atoms with Crippen molar-refractivity contribution >= 4 is 23.1 Å². The van der Waals surface area contributed by atoms with E-state index in [0.29, 0.717) is 12.0 Å². The molecule has 3 aromatic rings. The van der Waals surface area contributed by atoms with Gasteiger partial charge < -0.3 is 0 Å². The van der Waals surface area contributed by atoms with Gasteiger partial charge in [0.2, 0.25) is 0 Å². The molecular weight excluding hydrogens is 348 g/mol. The molecule has 2 atom stereocenters. The van der Waals surface area contributed by atoms with Crippen LogP contribution in [0.5, 0.6) is 0 Å². The van der Waals surface area contributed by atoms with E-state index in [1.807, 2.05) is 11.8 Å². The van der Waals surface area contributed by atoms with Crippen molar-refractivity contribution in [3.05, 3.63) is 91.0 Å². The lowest BCUT2D eigenvalue weighted by molar-refractivity contribution is 0.437. The lowest BCUT2D eigenvalue weighted by atomic mass is 10.1. The van der Waals surface area contributed by atoms with Gasteiger partial charge in [0.25, 0.3) is 0 Å². The van der Waals surface area contributed by atoms with Crippen molar-refractivity contribution in [3.8, 4) is 0 Å². The van der Waals surface area contributed by atoms with Gasteiger partial charge in [0.1, 0.15) is 0 Å². The van der Waals surface area contributed by atoms with Gasteiger partial charge in [0.05, 0.1) is 11.4 Å². The average molecular weight is 375 g/mol. The first-order valence-corrected chi connectivity index (χ1v) is 10.7. The van der Waals surface area contributed by atoms with Gasteiger partial charge in [-0.1, -0.05) is 61.0 Å². The van der Waals surface area contributed by atoms with Crippen LogP contribution in [0.25, 0.3) is 0 Å². The maximum absolute atomic E-state index is 3.85. The first kappa shape index (κ1) is 18.1. The molecule has 3 heteroatoms. The van der Waals surface area contributed by atoms with Crippen LogP contribution in [0.2, 0.25) is 0 Å². The van der Waals surface area contributed by atoms with Crippen molar-refractivity contribution in [2.75, 3.05) is 10.8 Å². The van der Waals surface area contributed by atoms with Crippen LogP contribution < -0.4 is 10.4 Å². The van der Waals surface area contributed by atoms with Crippen LogP contribution in [0.15, 0.2) is 95.9 Å². The molecule has 27 heavy (non-hydrogen) atoms. The summed E-state index contributed by atoms with van der Waals surface area (Å²) in [6.07, 6.45) is 3.83. The fourth-order valence-electron chi connectivity index (χ4n) is 3.74. The molecular formula is C24H26N2S. The van der Waals surface area contributed by atoms with E-state index in [1.165, 1.54) is 41.3 Å². The molecule has 0 unspecified atom stereocenters. The second kappa shape index (κ2) is 9.12. The molecule has 0 aliphatic heterocycles. The lowest BCUT2D eigenvalue weighted by Gasteiger charge is -2.32. The van der Waals surface area contributed by atoms with Crippen molar-refractivity contribution in [3.63, 3.8) is 0 Å². The Balaban J connectivity index is 1.48. The van der Waals surface area contributed by atoms with Gasteiger partial charge in [-0.05, 0) is 55.2 Å². The van der Waals surface area contributed by atoms with Crippen molar-refractivity contribution in [1.29, 1.82) is 0 Å². The molecule has 1 saturated carbocycles. The number of thioether (sulfide) groups is 1. The number of hydrogen-bond donors (Lipinski definition) is 1. The van der Waals surface area contributed by atoms with E-state index in [2.05, 4.69) is 101 Å². The minimum atomic E-state index is 0.502. The Labute approximate surface area is 166 Å². The van der Waals surface area contributed by atoms with E-state index in [9.17, 15) is 0 Å². The molecule has 138 valence electrons. The Kier molecular flexibility index (Phi) is 6.13. The highest BCUT2D eigenvalue weighted by Gasteiger charge is 2.29. The fraction of sp³-hybridized carbons (Fsp3) is 0.250. The molecule has 0 amide bonds. The van der Waals surface area contributed by atoms with Gasteiger partial charge in [-0.15, -0.1) is 11.8 Å². The third-order valence-corrected chi connectivity index (χ3v) is 6.39. The standard InChI is InChI=1S/C24H26N2S/c1-4-12-21(13-5-1)26(22-14-6-2-7-15-22)25-24-18-10-11-20(24)19-27-23-16-8-3-9-17-23/h1-9,12-17,20,24-25H,10-11,18-19H2/t20-,24-/m0/s1. The van der Waals surface area contributed by atoms with Gasteiger partial charge in [-0.2, -0.15) is 0 Å². The molecule has 3 aromatic carbocycles. The Morgan fingerprint density at radius 2 is 1.30 bits per heavy atom. The maximum atomic E-state index is 3.85. The molecule has 1 N–H and O–H groups in total. The van der Waals surface area contributed by atoms with Crippen LogP contribution in [0.3, 0.4) is 0 Å². The number of anilines is 2. The SMILES string of the molecule is c1ccc(SC[C@@H]2CCC[C@@H]2NN(c2ccccc2)c2ccccc2)cc1. The van der Waals surface area contributed by atoms with Gasteiger partial charge >= 0.3 is 0 Å². The van der Waals surface area contributed by atoms with E-state index in [1.54, 1.807) is 0 Å². The maximum Gasteiger partial charge on any atom is 0.0577 e. The van der Waals surface area contributed by atoms with Crippen molar-refractivity contribution < 1.29 is 0 Å². The third-order valence-electron chi connectivity index (χ3n) is 5.19. The number of benzene rings is 3. The summed E-state index contributed by atoms with van der Waals surface area (Å²) in [6, 6.07) is 32.5. The van der Waals surface area contributed by atoms with Gasteiger partial charge in [-0.25, -0.2) is 5.43 Å². The monoisotopic (exact) mass is 374 g/mol. The molecule has 0 bridgehead atoms. The number of rotatable bonds is 7. The largest absolute Gasteiger partial charge is 0.277 e. The van der Waals surface area contributed by atoms with Gasteiger partial charge in [0, 0.05) is 16.7 Å². The van der Waals surface area contributed by atoms with E-state index in [0.717, 1.165) is 0 Å². The Morgan fingerprint density at radius 3 is 1.89 bits per heavy atom. The number of nitrogens with one attached hydrogen (secondary N) is 1. The molecule has 0 aromatic heterocycles. The summed E-state index contributed by atoms with van der Waals surface area (Å²) in [7, 11) is 0. The summed E-state index contributed by atoms with van der Waals surface area (Å²) in [5.41, 5.74) is 6.23. The molecule has 2 nitrogen and oxygen atoms in total. The Morgan fingerprint density at radius 1 is 0.741 bits per heavy atom. The molecule has 0 spiro atoms. The smallest absolute Gasteiger partial charge is 0.0577 e. The zero-order chi connectivity index (χ0) is 18.3. The third kappa shape index (κ3) is 4.74. The summed E-state index contributed by atoms with van der Waals surface area (Å²) in [4.78, 5) is 1.37. The first-order valence-electron chi connectivity index (χ1n) is 9.74. The number of nitrogens with zero attached hydrogens (tertiary/aromatic N) is 1. The highest BCUT2D eigenvalue weighted by Crippen LogP contribution is 2.33. The summed E-state index contributed by atoms with van der Waals surface area (Å²) in [5, 5.41) is 2.26. The zero-order valence-electron chi connectivity index (χ0n) is 15.5. The van der Waals surface area contributed by atoms with Crippen LogP contribution in [-0.4, -0.2) is 11.8 Å². The predicted octanol–water partition coefficient (Wildman–Crippen LogP) is 6.29.